The molecule has 0 aliphatic carbocycles. The summed E-state index contributed by atoms with van der Waals surface area (Å²) in [6, 6.07) is 9.92. The molecule has 0 amide bonds. The fraction of sp³-hybridized carbons (Fsp3) is 0.467. The normalized spacial score (nSPS) is 24.3. The Hall–Kier alpha value is -0.610. The van der Waals surface area contributed by atoms with Crippen molar-refractivity contribution in [1.82, 2.24) is 10.2 Å². The molecule has 104 valence electrons. The van der Waals surface area contributed by atoms with Crippen molar-refractivity contribution in [2.24, 2.45) is 0 Å². The van der Waals surface area contributed by atoms with Gasteiger partial charge in [-0.25, -0.2) is 0 Å². The van der Waals surface area contributed by atoms with E-state index in [1.54, 1.807) is 0 Å². The minimum absolute atomic E-state index is 0. The number of halogens is 1. The molecule has 2 unspecified atom stereocenters. The summed E-state index contributed by atoms with van der Waals surface area (Å²) in [6.45, 7) is 7.92. The molecule has 1 aromatic heterocycles. The molecule has 1 saturated heterocycles. The van der Waals surface area contributed by atoms with Gasteiger partial charge in [-0.15, -0.1) is 23.7 Å². The van der Waals surface area contributed by atoms with Crippen LogP contribution in [0.2, 0.25) is 0 Å². The monoisotopic (exact) mass is 296 g/mol. The highest BCUT2D eigenvalue weighted by atomic mass is 35.5. The molecule has 0 bridgehead atoms. The predicted molar refractivity (Wildman–Crippen MR) is 86.4 cm³/mol. The minimum Gasteiger partial charge on any atom is -0.309 e. The molecule has 0 spiro atoms. The third-order valence-electron chi connectivity index (χ3n) is 3.59. The van der Waals surface area contributed by atoms with Crippen molar-refractivity contribution in [3.63, 3.8) is 0 Å². The topological polar surface area (TPSA) is 15.3 Å². The van der Waals surface area contributed by atoms with E-state index in [0.717, 1.165) is 19.6 Å². The fourth-order valence-corrected chi connectivity index (χ4v) is 3.92. The average Bonchev–Trinajstić information content (AvgIpc) is 2.72. The molecule has 4 heteroatoms. The number of nitrogens with zero attached hydrogens (tertiary/aromatic N) is 1. The zero-order valence-corrected chi connectivity index (χ0v) is 13.1. The smallest absolute Gasteiger partial charge is 0.0346 e. The Labute approximate surface area is 125 Å². The second kappa shape index (κ2) is 6.23. The highest BCUT2D eigenvalue weighted by molar-refractivity contribution is 7.17. The third kappa shape index (κ3) is 3.29. The van der Waals surface area contributed by atoms with E-state index in [-0.39, 0.29) is 12.4 Å². The maximum absolute atomic E-state index is 3.59. The quantitative estimate of drug-likeness (QED) is 0.912. The molecule has 3 rings (SSSR count). The van der Waals surface area contributed by atoms with Gasteiger partial charge >= 0.3 is 0 Å². The van der Waals surface area contributed by atoms with Gasteiger partial charge in [-0.3, -0.25) is 4.90 Å². The molecule has 2 atom stereocenters. The number of fused-ring (bicyclic) bond motifs is 1. The lowest BCUT2D eigenvalue weighted by Gasteiger charge is -2.36. The molecule has 0 saturated carbocycles. The Morgan fingerprint density at radius 2 is 1.89 bits per heavy atom. The Morgan fingerprint density at radius 1 is 1.21 bits per heavy atom. The summed E-state index contributed by atoms with van der Waals surface area (Å²) in [4.78, 5) is 2.57. The van der Waals surface area contributed by atoms with Crippen LogP contribution in [0.3, 0.4) is 0 Å². The molecule has 0 radical (unpaired) electrons. The molecule has 19 heavy (non-hydrogen) atoms. The molecule has 1 aliphatic rings. The van der Waals surface area contributed by atoms with Crippen LogP contribution in [0.1, 0.15) is 19.4 Å². The van der Waals surface area contributed by atoms with Crippen molar-refractivity contribution in [3.8, 4) is 0 Å². The lowest BCUT2D eigenvalue weighted by atomic mass is 10.1. The van der Waals surface area contributed by atoms with Gasteiger partial charge in [-0.2, -0.15) is 0 Å². The molecule has 2 nitrogen and oxygen atoms in total. The fourth-order valence-electron chi connectivity index (χ4n) is 2.97. The van der Waals surface area contributed by atoms with Crippen LogP contribution in [-0.4, -0.2) is 30.1 Å². The van der Waals surface area contributed by atoms with E-state index in [1.165, 1.54) is 15.6 Å². The first kappa shape index (κ1) is 14.8. The minimum atomic E-state index is 0. The summed E-state index contributed by atoms with van der Waals surface area (Å²) in [5.74, 6) is 0. The van der Waals surface area contributed by atoms with Gasteiger partial charge in [-0.1, -0.05) is 18.2 Å². The zero-order chi connectivity index (χ0) is 12.5. The Balaban J connectivity index is 0.00000133. The molecule has 1 aromatic carbocycles. The van der Waals surface area contributed by atoms with Crippen LogP contribution in [-0.2, 0) is 6.54 Å². The van der Waals surface area contributed by atoms with Crippen LogP contribution in [0.25, 0.3) is 10.1 Å². The van der Waals surface area contributed by atoms with E-state index in [0.29, 0.717) is 12.1 Å². The van der Waals surface area contributed by atoms with Gasteiger partial charge in [0.2, 0.25) is 0 Å². The SMILES string of the molecule is CC1CN(Cc2csc3ccccc23)CC(C)N1.Cl. The Morgan fingerprint density at radius 3 is 2.63 bits per heavy atom. The lowest BCUT2D eigenvalue weighted by Crippen LogP contribution is -2.53. The molecule has 1 aliphatic heterocycles. The summed E-state index contributed by atoms with van der Waals surface area (Å²) in [6.07, 6.45) is 0. The first-order chi connectivity index (χ1) is 8.72. The number of rotatable bonds is 2. The maximum Gasteiger partial charge on any atom is 0.0346 e. The van der Waals surface area contributed by atoms with E-state index in [4.69, 9.17) is 0 Å². The molecule has 2 aromatic rings. The predicted octanol–water partition coefficient (Wildman–Crippen LogP) is 3.51. The van der Waals surface area contributed by atoms with E-state index < -0.39 is 0 Å². The zero-order valence-electron chi connectivity index (χ0n) is 11.4. The van der Waals surface area contributed by atoms with E-state index in [2.05, 4.69) is 53.7 Å². The van der Waals surface area contributed by atoms with Crippen molar-refractivity contribution < 1.29 is 0 Å². The number of benzene rings is 1. The van der Waals surface area contributed by atoms with Gasteiger partial charge in [0.05, 0.1) is 0 Å². The lowest BCUT2D eigenvalue weighted by molar-refractivity contribution is 0.167. The summed E-state index contributed by atoms with van der Waals surface area (Å²) >= 11 is 1.86. The van der Waals surface area contributed by atoms with Crippen LogP contribution in [0, 0.1) is 0 Å². The molecule has 1 fully saturated rings. The second-order valence-corrected chi connectivity index (χ2v) is 6.33. The number of hydrogen-bond acceptors (Lipinski definition) is 3. The Kier molecular flexibility index (Phi) is 4.85. The van der Waals surface area contributed by atoms with Gasteiger partial charge in [0.15, 0.2) is 0 Å². The van der Waals surface area contributed by atoms with Crippen molar-refractivity contribution in [2.75, 3.05) is 13.1 Å². The molecule has 1 N–H and O–H groups in total. The van der Waals surface area contributed by atoms with E-state index in [9.17, 15) is 0 Å². The van der Waals surface area contributed by atoms with Crippen LogP contribution in [0.15, 0.2) is 29.6 Å². The van der Waals surface area contributed by atoms with Crippen LogP contribution in [0.5, 0.6) is 0 Å². The van der Waals surface area contributed by atoms with Crippen LogP contribution >= 0.6 is 23.7 Å². The van der Waals surface area contributed by atoms with E-state index >= 15 is 0 Å². The summed E-state index contributed by atoms with van der Waals surface area (Å²) in [7, 11) is 0. The standard InChI is InChI=1S/C15H20N2S.ClH/c1-11-7-17(8-12(2)16-11)9-13-10-18-15-6-4-3-5-14(13)15;/h3-6,10-12,16H,7-9H2,1-2H3;1H. The number of thiophene rings is 1. The Bertz CT molecular complexity index is 530. The van der Waals surface area contributed by atoms with Gasteiger partial charge in [-0.05, 0) is 36.2 Å². The van der Waals surface area contributed by atoms with Gasteiger partial charge in [0.25, 0.3) is 0 Å². The maximum atomic E-state index is 3.59. The van der Waals surface area contributed by atoms with Crippen LogP contribution < -0.4 is 5.32 Å². The van der Waals surface area contributed by atoms with Gasteiger partial charge in [0.1, 0.15) is 0 Å². The third-order valence-corrected chi connectivity index (χ3v) is 4.60. The molecule has 2 heterocycles. The largest absolute Gasteiger partial charge is 0.309 e. The van der Waals surface area contributed by atoms with Crippen molar-refractivity contribution in [1.29, 1.82) is 0 Å². The van der Waals surface area contributed by atoms with Crippen molar-refractivity contribution in [2.45, 2.75) is 32.5 Å². The van der Waals surface area contributed by atoms with E-state index in [1.807, 2.05) is 11.3 Å². The number of hydrogen-bond donors (Lipinski definition) is 1. The second-order valence-electron chi connectivity index (χ2n) is 5.42. The average molecular weight is 297 g/mol. The van der Waals surface area contributed by atoms with Crippen molar-refractivity contribution >= 4 is 33.8 Å². The summed E-state index contributed by atoms with van der Waals surface area (Å²) in [5.41, 5.74) is 1.48. The van der Waals surface area contributed by atoms with Crippen molar-refractivity contribution in [3.05, 3.63) is 35.2 Å². The van der Waals surface area contributed by atoms with Gasteiger partial charge in [0, 0.05) is 36.4 Å². The number of nitrogens with one attached hydrogen (secondary N) is 1. The first-order valence-electron chi connectivity index (χ1n) is 6.66. The molecular formula is C15H21ClN2S. The summed E-state index contributed by atoms with van der Waals surface area (Å²) < 4.78 is 1.41. The molecular weight excluding hydrogens is 276 g/mol. The highest BCUT2D eigenvalue weighted by Crippen LogP contribution is 2.27. The van der Waals surface area contributed by atoms with Crippen LogP contribution in [0.4, 0.5) is 0 Å². The highest BCUT2D eigenvalue weighted by Gasteiger charge is 2.21. The summed E-state index contributed by atoms with van der Waals surface area (Å²) in [5, 5.41) is 7.34. The van der Waals surface area contributed by atoms with Gasteiger partial charge < -0.3 is 5.32 Å². The number of piperazine rings is 1. The first-order valence-corrected chi connectivity index (χ1v) is 7.54.